The summed E-state index contributed by atoms with van der Waals surface area (Å²) in [6, 6.07) is 15.9. The maximum atomic E-state index is 13.8. The van der Waals surface area contributed by atoms with E-state index in [2.05, 4.69) is 5.32 Å². The van der Waals surface area contributed by atoms with E-state index >= 15 is 0 Å². The number of nitrogens with one attached hydrogen (secondary N) is 1. The zero-order chi connectivity index (χ0) is 26.5. The van der Waals surface area contributed by atoms with Gasteiger partial charge in [-0.1, -0.05) is 30.3 Å². The predicted octanol–water partition coefficient (Wildman–Crippen LogP) is 5.19. The second-order valence-corrected chi connectivity index (χ2v) is 8.79. The van der Waals surface area contributed by atoms with Gasteiger partial charge in [0.05, 0.1) is 21.3 Å². The van der Waals surface area contributed by atoms with Gasteiger partial charge in [-0.25, -0.2) is 9.18 Å². The van der Waals surface area contributed by atoms with Crippen LogP contribution >= 0.6 is 0 Å². The number of carboxylic acids is 1. The van der Waals surface area contributed by atoms with Crippen molar-refractivity contribution in [1.29, 1.82) is 0 Å². The lowest BCUT2D eigenvalue weighted by Crippen LogP contribution is -2.20. The molecule has 4 rings (SSSR count). The van der Waals surface area contributed by atoms with Crippen LogP contribution in [0.25, 0.3) is 10.9 Å². The van der Waals surface area contributed by atoms with Gasteiger partial charge in [-0.15, -0.1) is 0 Å². The van der Waals surface area contributed by atoms with Crippen molar-refractivity contribution in [2.75, 3.05) is 27.9 Å². The standard InChI is InChI=1S/C29H31FN2O5/c1-18-8-10-22-23(16-31-13-12-20-9-11-25(35-2)28(37-4)27(20)36-3)26(29(33)34)32(24(22)14-18)17-19-6-5-7-21(30)15-19/h5-11,14-15,31H,12-13,16-17H2,1-4H3,(H,33,34). The fourth-order valence-electron chi connectivity index (χ4n) is 4.73. The Bertz CT molecular complexity index is 1430. The summed E-state index contributed by atoms with van der Waals surface area (Å²) < 4.78 is 32.0. The van der Waals surface area contributed by atoms with Crippen LogP contribution in [-0.2, 0) is 19.5 Å². The van der Waals surface area contributed by atoms with Gasteiger partial charge in [0.15, 0.2) is 11.5 Å². The van der Waals surface area contributed by atoms with Crippen molar-refractivity contribution in [2.45, 2.75) is 26.4 Å². The molecule has 0 fully saturated rings. The molecule has 3 aromatic carbocycles. The Morgan fingerprint density at radius 1 is 1.00 bits per heavy atom. The number of carbonyl (C=O) groups is 1. The van der Waals surface area contributed by atoms with Crippen LogP contribution in [0.4, 0.5) is 4.39 Å². The number of methoxy groups -OCH3 is 3. The van der Waals surface area contributed by atoms with Crippen molar-refractivity contribution < 1.29 is 28.5 Å². The highest BCUT2D eigenvalue weighted by Crippen LogP contribution is 2.39. The number of hydrogen-bond donors (Lipinski definition) is 2. The predicted molar refractivity (Wildman–Crippen MR) is 141 cm³/mol. The molecular formula is C29H31FN2O5. The Labute approximate surface area is 215 Å². The van der Waals surface area contributed by atoms with Crippen LogP contribution in [0.2, 0.25) is 0 Å². The summed E-state index contributed by atoms with van der Waals surface area (Å²) in [6.07, 6.45) is 0.632. The number of aromatic nitrogens is 1. The van der Waals surface area contributed by atoms with Gasteiger partial charge in [0.1, 0.15) is 11.5 Å². The molecule has 37 heavy (non-hydrogen) atoms. The van der Waals surface area contributed by atoms with Gasteiger partial charge in [-0.3, -0.25) is 0 Å². The van der Waals surface area contributed by atoms with Crippen LogP contribution < -0.4 is 19.5 Å². The summed E-state index contributed by atoms with van der Waals surface area (Å²) in [4.78, 5) is 12.5. The van der Waals surface area contributed by atoms with Crippen LogP contribution in [0.5, 0.6) is 17.2 Å². The minimum Gasteiger partial charge on any atom is -0.493 e. The zero-order valence-corrected chi connectivity index (χ0v) is 21.4. The fourth-order valence-corrected chi connectivity index (χ4v) is 4.73. The first-order chi connectivity index (χ1) is 17.9. The average Bonchev–Trinajstić information content (AvgIpc) is 3.18. The molecule has 0 amide bonds. The Balaban J connectivity index is 1.62. The molecular weight excluding hydrogens is 475 g/mol. The van der Waals surface area contributed by atoms with Gasteiger partial charge >= 0.3 is 5.97 Å². The van der Waals surface area contributed by atoms with E-state index < -0.39 is 5.97 Å². The lowest BCUT2D eigenvalue weighted by Gasteiger charge is -2.16. The lowest BCUT2D eigenvalue weighted by molar-refractivity contribution is 0.0684. The number of ether oxygens (including phenoxy) is 3. The normalized spacial score (nSPS) is 11.1. The number of benzene rings is 3. The largest absolute Gasteiger partial charge is 0.493 e. The third kappa shape index (κ3) is 5.39. The number of aromatic carboxylic acids is 1. The molecule has 0 aliphatic heterocycles. The smallest absolute Gasteiger partial charge is 0.352 e. The van der Waals surface area contributed by atoms with Crippen molar-refractivity contribution in [2.24, 2.45) is 0 Å². The van der Waals surface area contributed by atoms with E-state index in [1.807, 2.05) is 37.3 Å². The third-order valence-corrected chi connectivity index (χ3v) is 6.42. The monoisotopic (exact) mass is 506 g/mol. The molecule has 0 aliphatic rings. The Hall–Kier alpha value is -4.04. The van der Waals surface area contributed by atoms with Gasteiger partial charge < -0.3 is 29.2 Å². The maximum absolute atomic E-state index is 13.8. The summed E-state index contributed by atoms with van der Waals surface area (Å²) in [5.41, 5.74) is 4.35. The highest BCUT2D eigenvalue weighted by molar-refractivity contribution is 5.98. The number of carboxylic acid groups (broad SMARTS) is 1. The molecule has 1 heterocycles. The average molecular weight is 507 g/mol. The molecule has 4 aromatic rings. The van der Waals surface area contributed by atoms with Crippen LogP contribution in [0.15, 0.2) is 54.6 Å². The molecule has 0 saturated heterocycles. The van der Waals surface area contributed by atoms with Crippen molar-refractivity contribution in [3.05, 3.63) is 88.4 Å². The van der Waals surface area contributed by atoms with E-state index in [0.29, 0.717) is 47.9 Å². The molecule has 0 unspecified atom stereocenters. The summed E-state index contributed by atoms with van der Waals surface area (Å²) in [7, 11) is 4.73. The van der Waals surface area contributed by atoms with Gasteiger partial charge in [0.2, 0.25) is 5.75 Å². The first-order valence-electron chi connectivity index (χ1n) is 12.0. The molecule has 0 spiro atoms. The minimum absolute atomic E-state index is 0.195. The van der Waals surface area contributed by atoms with E-state index in [4.69, 9.17) is 14.2 Å². The Morgan fingerprint density at radius 3 is 2.46 bits per heavy atom. The van der Waals surface area contributed by atoms with Crippen molar-refractivity contribution >= 4 is 16.9 Å². The molecule has 1 aromatic heterocycles. The highest BCUT2D eigenvalue weighted by Gasteiger charge is 2.23. The van der Waals surface area contributed by atoms with Crippen LogP contribution in [0.1, 0.15) is 32.7 Å². The molecule has 0 atom stereocenters. The first-order valence-corrected chi connectivity index (χ1v) is 12.0. The number of halogens is 1. The van der Waals surface area contributed by atoms with E-state index in [-0.39, 0.29) is 18.1 Å². The van der Waals surface area contributed by atoms with Crippen molar-refractivity contribution in [3.8, 4) is 17.2 Å². The second kappa shape index (κ2) is 11.3. The lowest BCUT2D eigenvalue weighted by atomic mass is 10.1. The highest BCUT2D eigenvalue weighted by atomic mass is 19.1. The summed E-state index contributed by atoms with van der Waals surface area (Å²) >= 11 is 0. The quantitative estimate of drug-likeness (QED) is 0.273. The molecule has 194 valence electrons. The Kier molecular flexibility index (Phi) is 7.98. The number of nitrogens with zero attached hydrogens (tertiary/aromatic N) is 1. The Morgan fingerprint density at radius 2 is 1.78 bits per heavy atom. The number of aryl methyl sites for hydroxylation is 1. The number of hydrogen-bond acceptors (Lipinski definition) is 5. The fraction of sp³-hybridized carbons (Fsp3) is 0.276. The third-order valence-electron chi connectivity index (χ3n) is 6.42. The molecule has 7 nitrogen and oxygen atoms in total. The van der Waals surface area contributed by atoms with Gasteiger partial charge in [-0.2, -0.15) is 0 Å². The van der Waals surface area contributed by atoms with Gasteiger partial charge in [0, 0.05) is 29.6 Å². The maximum Gasteiger partial charge on any atom is 0.352 e. The van der Waals surface area contributed by atoms with Crippen LogP contribution in [-0.4, -0.2) is 43.5 Å². The minimum atomic E-state index is -1.02. The SMILES string of the molecule is COc1ccc(CCNCc2c(C(=O)O)n(Cc3cccc(F)c3)c3cc(C)ccc23)c(OC)c1OC. The molecule has 0 saturated carbocycles. The molecule has 0 aliphatic carbocycles. The molecule has 0 bridgehead atoms. The molecule has 0 radical (unpaired) electrons. The van der Waals surface area contributed by atoms with Gasteiger partial charge in [-0.05, 0) is 60.8 Å². The summed E-state index contributed by atoms with van der Waals surface area (Å²) in [5.74, 6) is 0.352. The molecule has 8 heteroatoms. The van der Waals surface area contributed by atoms with Crippen LogP contribution in [0.3, 0.4) is 0 Å². The zero-order valence-electron chi connectivity index (χ0n) is 21.4. The van der Waals surface area contributed by atoms with Crippen molar-refractivity contribution in [1.82, 2.24) is 9.88 Å². The first kappa shape index (κ1) is 26.0. The van der Waals surface area contributed by atoms with E-state index in [0.717, 1.165) is 22.0 Å². The van der Waals surface area contributed by atoms with Gasteiger partial charge in [0.25, 0.3) is 0 Å². The summed E-state index contributed by atoms with van der Waals surface area (Å²) in [5, 5.41) is 14.4. The number of fused-ring (bicyclic) bond motifs is 1. The van der Waals surface area contributed by atoms with E-state index in [1.54, 1.807) is 38.0 Å². The van der Waals surface area contributed by atoms with Crippen LogP contribution in [0, 0.1) is 12.7 Å². The molecule has 2 N–H and O–H groups in total. The van der Waals surface area contributed by atoms with Crippen molar-refractivity contribution in [3.63, 3.8) is 0 Å². The van der Waals surface area contributed by atoms with E-state index in [9.17, 15) is 14.3 Å². The topological polar surface area (TPSA) is 82.0 Å². The second-order valence-electron chi connectivity index (χ2n) is 8.79. The summed E-state index contributed by atoms with van der Waals surface area (Å²) in [6.45, 7) is 3.15. The van der Waals surface area contributed by atoms with E-state index in [1.165, 1.54) is 12.1 Å². The number of rotatable bonds is 11.